The Bertz CT molecular complexity index is 404. The Balaban J connectivity index is 2.67. The highest BCUT2D eigenvalue weighted by Gasteiger charge is 2.28. The smallest absolute Gasteiger partial charge is 0.314 e. The molecular weight excluding hydrogens is 275 g/mol. The van der Waals surface area contributed by atoms with Gasteiger partial charge in [-0.2, -0.15) is 13.2 Å². The summed E-state index contributed by atoms with van der Waals surface area (Å²) in [4.78, 5) is 0. The van der Waals surface area contributed by atoms with E-state index in [4.69, 9.17) is 11.6 Å². The molecule has 0 fully saturated rings. The van der Waals surface area contributed by atoms with E-state index in [0.29, 0.717) is 18.0 Å². The van der Waals surface area contributed by atoms with Gasteiger partial charge in [-0.3, -0.25) is 0 Å². The minimum atomic E-state index is -4.11. The number of hydrogen-bond donors (Lipinski definition) is 1. The summed E-state index contributed by atoms with van der Waals surface area (Å²) in [6.07, 6.45) is -4.29. The van der Waals surface area contributed by atoms with Crippen LogP contribution in [-0.2, 0) is 6.42 Å². The first-order chi connectivity index (χ1) is 8.81. The Labute approximate surface area is 117 Å². The lowest BCUT2D eigenvalue weighted by Gasteiger charge is -2.19. The molecule has 0 amide bonds. The third-order valence-corrected chi connectivity index (χ3v) is 3.30. The molecule has 0 heterocycles. The van der Waals surface area contributed by atoms with Crippen LogP contribution in [0.5, 0.6) is 0 Å². The summed E-state index contributed by atoms with van der Waals surface area (Å²) in [6.45, 7) is 4.46. The van der Waals surface area contributed by atoms with Crippen LogP contribution in [0.25, 0.3) is 0 Å². The summed E-state index contributed by atoms with van der Waals surface area (Å²) in [5.41, 5.74) is 1.93. The maximum absolute atomic E-state index is 12.3. The predicted molar refractivity (Wildman–Crippen MR) is 72.6 cm³/mol. The molecular formula is C14H19ClF3N. The highest BCUT2D eigenvalue weighted by Crippen LogP contribution is 2.25. The predicted octanol–water partition coefficient (Wildman–Crippen LogP) is 4.51. The summed E-state index contributed by atoms with van der Waals surface area (Å²) in [5.74, 6) is 0. The average molecular weight is 294 g/mol. The molecule has 1 N–H and O–H groups in total. The van der Waals surface area contributed by atoms with Gasteiger partial charge in [0.15, 0.2) is 0 Å². The van der Waals surface area contributed by atoms with Gasteiger partial charge in [0.2, 0.25) is 0 Å². The van der Waals surface area contributed by atoms with E-state index in [2.05, 4.69) is 5.32 Å². The lowest BCUT2D eigenvalue weighted by atomic mass is 10.0. The van der Waals surface area contributed by atoms with Crippen LogP contribution in [0.3, 0.4) is 0 Å². The zero-order valence-corrected chi connectivity index (χ0v) is 11.9. The van der Waals surface area contributed by atoms with Crippen LogP contribution in [-0.4, -0.2) is 18.8 Å². The van der Waals surface area contributed by atoms with Gasteiger partial charge in [0.05, 0.1) is 0 Å². The standard InChI is InChI=1S/C14H19ClF3N/c1-3-19-12(6-7-14(16,17)18)9-11-5-4-10(2)8-13(11)15/h4-5,8,12,19H,3,6-7,9H2,1-2H3. The number of rotatable bonds is 6. The number of benzene rings is 1. The van der Waals surface area contributed by atoms with Gasteiger partial charge in [-0.25, -0.2) is 0 Å². The molecule has 19 heavy (non-hydrogen) atoms. The lowest BCUT2D eigenvalue weighted by Crippen LogP contribution is -2.32. The number of halogens is 4. The van der Waals surface area contributed by atoms with E-state index in [1.165, 1.54) is 0 Å². The SMILES string of the molecule is CCNC(CCC(F)(F)F)Cc1ccc(C)cc1Cl. The van der Waals surface area contributed by atoms with Gasteiger partial charge in [0, 0.05) is 17.5 Å². The molecule has 1 aromatic rings. The number of alkyl halides is 3. The van der Waals surface area contributed by atoms with Crippen molar-refractivity contribution in [3.05, 3.63) is 34.3 Å². The Morgan fingerprint density at radius 1 is 1.32 bits per heavy atom. The van der Waals surface area contributed by atoms with Crippen molar-refractivity contribution in [3.8, 4) is 0 Å². The normalized spacial score (nSPS) is 13.6. The second-order valence-corrected chi connectivity index (χ2v) is 5.11. The van der Waals surface area contributed by atoms with E-state index in [9.17, 15) is 13.2 Å². The second kappa shape index (κ2) is 7.15. The van der Waals surface area contributed by atoms with Crippen LogP contribution < -0.4 is 5.32 Å². The van der Waals surface area contributed by atoms with Crippen LogP contribution in [0.4, 0.5) is 13.2 Å². The first-order valence-electron chi connectivity index (χ1n) is 6.37. The highest BCUT2D eigenvalue weighted by molar-refractivity contribution is 6.31. The molecule has 1 rings (SSSR count). The van der Waals surface area contributed by atoms with Gasteiger partial charge < -0.3 is 5.32 Å². The molecule has 1 unspecified atom stereocenters. The molecule has 0 saturated heterocycles. The Morgan fingerprint density at radius 2 is 2.00 bits per heavy atom. The van der Waals surface area contributed by atoms with Gasteiger partial charge in [-0.1, -0.05) is 30.7 Å². The van der Waals surface area contributed by atoms with E-state index in [-0.39, 0.29) is 12.5 Å². The average Bonchev–Trinajstić information content (AvgIpc) is 2.28. The summed E-state index contributed by atoms with van der Waals surface area (Å²) >= 11 is 6.11. The summed E-state index contributed by atoms with van der Waals surface area (Å²) in [5, 5.41) is 3.71. The van der Waals surface area contributed by atoms with Crippen LogP contribution in [0.2, 0.25) is 5.02 Å². The van der Waals surface area contributed by atoms with Crippen molar-refractivity contribution in [1.82, 2.24) is 5.32 Å². The molecule has 1 aromatic carbocycles. The van der Waals surface area contributed by atoms with Gasteiger partial charge in [0.1, 0.15) is 0 Å². The summed E-state index contributed by atoms with van der Waals surface area (Å²) in [7, 11) is 0. The molecule has 1 nitrogen and oxygen atoms in total. The van der Waals surface area contributed by atoms with Gasteiger partial charge in [-0.05, 0) is 43.5 Å². The molecule has 0 spiro atoms. The number of likely N-dealkylation sites (N-methyl/N-ethyl adjacent to an activating group) is 1. The molecule has 0 aliphatic heterocycles. The first-order valence-corrected chi connectivity index (χ1v) is 6.74. The van der Waals surface area contributed by atoms with Crippen molar-refractivity contribution in [3.63, 3.8) is 0 Å². The van der Waals surface area contributed by atoms with Crippen molar-refractivity contribution >= 4 is 11.6 Å². The molecule has 0 aromatic heterocycles. The second-order valence-electron chi connectivity index (χ2n) is 4.71. The van der Waals surface area contributed by atoms with Gasteiger partial charge in [-0.15, -0.1) is 0 Å². The molecule has 0 bridgehead atoms. The van der Waals surface area contributed by atoms with Crippen molar-refractivity contribution in [2.24, 2.45) is 0 Å². The van der Waals surface area contributed by atoms with Crippen molar-refractivity contribution in [2.75, 3.05) is 6.54 Å². The minimum Gasteiger partial charge on any atom is -0.314 e. The lowest BCUT2D eigenvalue weighted by molar-refractivity contribution is -0.136. The van der Waals surface area contributed by atoms with Crippen LogP contribution >= 0.6 is 11.6 Å². The quantitative estimate of drug-likeness (QED) is 0.813. The fraction of sp³-hybridized carbons (Fsp3) is 0.571. The summed E-state index contributed by atoms with van der Waals surface area (Å²) in [6, 6.07) is 5.44. The number of hydrogen-bond acceptors (Lipinski definition) is 1. The minimum absolute atomic E-state index is 0.0710. The van der Waals surface area contributed by atoms with E-state index in [0.717, 1.165) is 11.1 Å². The molecule has 0 radical (unpaired) electrons. The topological polar surface area (TPSA) is 12.0 Å². The van der Waals surface area contributed by atoms with Gasteiger partial charge in [0.25, 0.3) is 0 Å². The largest absolute Gasteiger partial charge is 0.389 e. The van der Waals surface area contributed by atoms with E-state index in [1.54, 1.807) is 0 Å². The monoisotopic (exact) mass is 293 g/mol. The van der Waals surface area contributed by atoms with E-state index >= 15 is 0 Å². The first kappa shape index (κ1) is 16.3. The van der Waals surface area contributed by atoms with Crippen molar-refractivity contribution in [1.29, 1.82) is 0 Å². The molecule has 0 aliphatic carbocycles. The van der Waals surface area contributed by atoms with Crippen LogP contribution in [0.1, 0.15) is 30.9 Å². The Hall–Kier alpha value is -0.740. The Kier molecular flexibility index (Phi) is 6.14. The number of aryl methyl sites for hydroxylation is 1. The maximum Gasteiger partial charge on any atom is 0.389 e. The molecule has 0 aliphatic rings. The zero-order valence-electron chi connectivity index (χ0n) is 11.1. The van der Waals surface area contributed by atoms with E-state index in [1.807, 2.05) is 32.0 Å². The van der Waals surface area contributed by atoms with Crippen LogP contribution in [0, 0.1) is 6.92 Å². The molecule has 0 saturated carbocycles. The third-order valence-electron chi connectivity index (χ3n) is 2.94. The number of nitrogens with one attached hydrogen (secondary N) is 1. The van der Waals surface area contributed by atoms with Gasteiger partial charge >= 0.3 is 6.18 Å². The van der Waals surface area contributed by atoms with E-state index < -0.39 is 12.6 Å². The zero-order chi connectivity index (χ0) is 14.5. The fourth-order valence-electron chi connectivity index (χ4n) is 1.99. The molecule has 5 heteroatoms. The molecule has 108 valence electrons. The van der Waals surface area contributed by atoms with Crippen molar-refractivity contribution < 1.29 is 13.2 Å². The highest BCUT2D eigenvalue weighted by atomic mass is 35.5. The molecule has 1 atom stereocenters. The maximum atomic E-state index is 12.3. The fourth-order valence-corrected chi connectivity index (χ4v) is 2.30. The van der Waals surface area contributed by atoms with Crippen LogP contribution in [0.15, 0.2) is 18.2 Å². The summed E-state index contributed by atoms with van der Waals surface area (Å²) < 4.78 is 36.8. The Morgan fingerprint density at radius 3 is 2.53 bits per heavy atom. The van der Waals surface area contributed by atoms with Crippen molar-refractivity contribution in [2.45, 2.75) is 45.3 Å². The third kappa shape index (κ3) is 6.30.